The van der Waals surface area contributed by atoms with Crippen LogP contribution in [-0.4, -0.2) is 38.3 Å². The van der Waals surface area contributed by atoms with Crippen molar-refractivity contribution in [2.75, 3.05) is 13.7 Å². The molecule has 0 atom stereocenters. The van der Waals surface area contributed by atoms with Crippen LogP contribution in [-0.2, 0) is 19.5 Å². The summed E-state index contributed by atoms with van der Waals surface area (Å²) in [7, 11) is 1.67. The largest absolute Gasteiger partial charge is 0.497 e. The molecule has 162 valence electrons. The van der Waals surface area contributed by atoms with E-state index in [9.17, 15) is 0 Å². The van der Waals surface area contributed by atoms with Gasteiger partial charge in [0.05, 0.1) is 24.7 Å². The van der Waals surface area contributed by atoms with E-state index in [2.05, 4.69) is 21.9 Å². The maximum absolute atomic E-state index is 6.00. The van der Waals surface area contributed by atoms with Crippen LogP contribution < -0.4 is 4.74 Å². The molecule has 0 bridgehead atoms. The van der Waals surface area contributed by atoms with E-state index in [0.29, 0.717) is 5.02 Å². The third kappa shape index (κ3) is 4.11. The molecule has 3 heterocycles. The number of fused-ring (bicyclic) bond motifs is 1. The lowest BCUT2D eigenvalue weighted by Crippen LogP contribution is -2.31. The highest BCUT2D eigenvalue weighted by Crippen LogP contribution is 2.24. The van der Waals surface area contributed by atoms with E-state index < -0.39 is 0 Å². The second-order valence-corrected chi connectivity index (χ2v) is 8.43. The van der Waals surface area contributed by atoms with Crippen molar-refractivity contribution in [3.63, 3.8) is 0 Å². The summed E-state index contributed by atoms with van der Waals surface area (Å²) in [5.74, 6) is 1.60. The molecule has 0 N–H and O–H groups in total. The molecule has 2 aromatic heterocycles. The van der Waals surface area contributed by atoms with Gasteiger partial charge in [-0.05, 0) is 55.5 Å². The molecule has 0 radical (unpaired) electrons. The van der Waals surface area contributed by atoms with Crippen molar-refractivity contribution < 1.29 is 4.74 Å². The van der Waals surface area contributed by atoms with E-state index in [4.69, 9.17) is 21.3 Å². The Kier molecular flexibility index (Phi) is 5.64. The number of nitrogens with zero attached hydrogens (tertiary/aromatic N) is 5. The van der Waals surface area contributed by atoms with Gasteiger partial charge in [0.1, 0.15) is 5.75 Å². The molecule has 0 spiro atoms. The van der Waals surface area contributed by atoms with E-state index in [-0.39, 0.29) is 0 Å². The Labute approximate surface area is 192 Å². The summed E-state index contributed by atoms with van der Waals surface area (Å²) in [4.78, 5) is 11.9. The average Bonchev–Trinajstić information content (AvgIpc) is 3.19. The van der Waals surface area contributed by atoms with Gasteiger partial charge in [-0.1, -0.05) is 11.6 Å². The molecule has 6 nitrogen and oxygen atoms in total. The lowest BCUT2D eigenvalue weighted by Gasteiger charge is -2.28. The number of ether oxygens (including phenoxy) is 1. The smallest absolute Gasteiger partial charge is 0.159 e. The Hall–Kier alpha value is -3.22. The number of hydrogen-bond acceptors (Lipinski definition) is 5. The van der Waals surface area contributed by atoms with Crippen LogP contribution in [0.1, 0.15) is 22.5 Å². The highest BCUT2D eigenvalue weighted by molar-refractivity contribution is 6.30. The maximum atomic E-state index is 6.00. The van der Waals surface area contributed by atoms with Crippen molar-refractivity contribution in [1.82, 2.24) is 24.6 Å². The predicted molar refractivity (Wildman–Crippen MR) is 125 cm³/mol. The number of hydrogen-bond donors (Lipinski definition) is 0. The molecule has 5 rings (SSSR count). The minimum absolute atomic E-state index is 0.716. The highest BCUT2D eigenvalue weighted by Gasteiger charge is 2.20. The highest BCUT2D eigenvalue weighted by atomic mass is 35.5. The van der Waals surface area contributed by atoms with Gasteiger partial charge in [-0.3, -0.25) is 4.90 Å². The van der Waals surface area contributed by atoms with Crippen LogP contribution in [0.5, 0.6) is 5.75 Å². The SMILES string of the molecule is COc1ccc(-n2ncc(CN3CCc4nc(-c5ccc(Cl)cc5)ncc4C3)c2C)cc1. The Morgan fingerprint density at radius 1 is 1.03 bits per heavy atom. The van der Waals surface area contributed by atoms with E-state index >= 15 is 0 Å². The second-order valence-electron chi connectivity index (χ2n) is 8.00. The van der Waals surface area contributed by atoms with Crippen molar-refractivity contribution >= 4 is 11.6 Å². The predicted octanol–water partition coefficient (Wildman–Crippen LogP) is 4.86. The molecule has 0 saturated carbocycles. The van der Waals surface area contributed by atoms with Gasteiger partial charge in [-0.25, -0.2) is 14.6 Å². The van der Waals surface area contributed by atoms with Crippen LogP contribution in [0.3, 0.4) is 0 Å². The summed E-state index contributed by atoms with van der Waals surface area (Å²) < 4.78 is 7.24. The van der Waals surface area contributed by atoms with E-state index in [1.54, 1.807) is 7.11 Å². The molecule has 1 aliphatic heterocycles. The van der Waals surface area contributed by atoms with Crippen LogP contribution in [0.25, 0.3) is 17.1 Å². The molecule has 0 amide bonds. The Morgan fingerprint density at radius 3 is 2.56 bits per heavy atom. The van der Waals surface area contributed by atoms with Gasteiger partial charge in [0.15, 0.2) is 5.82 Å². The molecule has 2 aromatic carbocycles. The normalized spacial score (nSPS) is 13.7. The van der Waals surface area contributed by atoms with Crippen molar-refractivity contribution in [1.29, 1.82) is 0 Å². The van der Waals surface area contributed by atoms with Gasteiger partial charge < -0.3 is 4.74 Å². The zero-order valence-electron chi connectivity index (χ0n) is 18.1. The van der Waals surface area contributed by atoms with Gasteiger partial charge in [-0.15, -0.1) is 0 Å². The van der Waals surface area contributed by atoms with E-state index in [1.807, 2.05) is 65.6 Å². The van der Waals surface area contributed by atoms with Gasteiger partial charge in [0.25, 0.3) is 0 Å². The first kappa shape index (κ1) is 20.7. The van der Waals surface area contributed by atoms with Crippen LogP contribution in [0.2, 0.25) is 5.02 Å². The fourth-order valence-corrected chi connectivity index (χ4v) is 4.20. The summed E-state index contributed by atoms with van der Waals surface area (Å²) in [5, 5.41) is 5.33. The maximum Gasteiger partial charge on any atom is 0.159 e. The first-order valence-corrected chi connectivity index (χ1v) is 11.0. The molecular formula is C25H24ClN5O. The topological polar surface area (TPSA) is 56.1 Å². The van der Waals surface area contributed by atoms with Gasteiger partial charge >= 0.3 is 0 Å². The lowest BCUT2D eigenvalue weighted by molar-refractivity contribution is 0.242. The molecule has 7 heteroatoms. The number of rotatable bonds is 5. The molecule has 32 heavy (non-hydrogen) atoms. The minimum atomic E-state index is 0.716. The summed E-state index contributed by atoms with van der Waals surface area (Å²) >= 11 is 6.00. The van der Waals surface area contributed by atoms with Gasteiger partial charge in [0, 0.05) is 59.7 Å². The monoisotopic (exact) mass is 445 g/mol. The van der Waals surface area contributed by atoms with Crippen molar-refractivity contribution in [3.05, 3.63) is 88.5 Å². The van der Waals surface area contributed by atoms with Crippen molar-refractivity contribution in [2.24, 2.45) is 0 Å². The molecule has 0 unspecified atom stereocenters. The number of aromatic nitrogens is 4. The Bertz CT molecular complexity index is 1230. The van der Waals surface area contributed by atoms with E-state index in [1.165, 1.54) is 11.1 Å². The van der Waals surface area contributed by atoms with Gasteiger partial charge in [-0.2, -0.15) is 5.10 Å². The summed E-state index contributed by atoms with van der Waals surface area (Å²) in [6, 6.07) is 15.6. The third-order valence-electron chi connectivity index (χ3n) is 5.94. The summed E-state index contributed by atoms with van der Waals surface area (Å²) in [6.07, 6.45) is 4.84. The molecule has 0 aliphatic carbocycles. The first-order valence-electron chi connectivity index (χ1n) is 10.6. The number of benzene rings is 2. The third-order valence-corrected chi connectivity index (χ3v) is 6.19. The molecule has 0 fully saturated rings. The quantitative estimate of drug-likeness (QED) is 0.439. The average molecular weight is 446 g/mol. The standard InChI is InChI=1S/C25H24ClN5O/c1-17-19(14-28-31(17)22-7-9-23(32-2)10-8-22)15-30-12-11-24-20(16-30)13-27-25(29-24)18-3-5-21(26)6-4-18/h3-10,13-14H,11-12,15-16H2,1-2H3. The molecule has 4 aromatic rings. The van der Waals surface area contributed by atoms with Gasteiger partial charge in [0.2, 0.25) is 0 Å². The molecular weight excluding hydrogens is 422 g/mol. The van der Waals surface area contributed by atoms with Crippen LogP contribution in [0, 0.1) is 6.92 Å². The zero-order valence-corrected chi connectivity index (χ0v) is 18.9. The number of methoxy groups -OCH3 is 1. The van der Waals surface area contributed by atoms with Crippen LogP contribution in [0.4, 0.5) is 0 Å². The molecule has 1 aliphatic rings. The minimum Gasteiger partial charge on any atom is -0.497 e. The molecule has 0 saturated heterocycles. The van der Waals surface area contributed by atoms with Crippen molar-refractivity contribution in [2.45, 2.75) is 26.4 Å². The Morgan fingerprint density at radius 2 is 1.81 bits per heavy atom. The zero-order chi connectivity index (χ0) is 22.1. The summed E-state index contributed by atoms with van der Waals surface area (Å²) in [5.41, 5.74) is 6.71. The lowest BCUT2D eigenvalue weighted by atomic mass is 10.1. The first-order chi connectivity index (χ1) is 15.6. The van der Waals surface area contributed by atoms with Crippen molar-refractivity contribution in [3.8, 4) is 22.8 Å². The van der Waals surface area contributed by atoms with Crippen LogP contribution >= 0.6 is 11.6 Å². The van der Waals surface area contributed by atoms with E-state index in [0.717, 1.165) is 60.3 Å². The summed E-state index contributed by atoms with van der Waals surface area (Å²) in [6.45, 7) is 4.76. The fraction of sp³-hybridized carbons (Fsp3) is 0.240. The number of halogens is 1. The van der Waals surface area contributed by atoms with Crippen LogP contribution in [0.15, 0.2) is 60.9 Å². The fourth-order valence-electron chi connectivity index (χ4n) is 4.07. The Balaban J connectivity index is 1.30. The second kappa shape index (κ2) is 8.73.